The van der Waals surface area contributed by atoms with Gasteiger partial charge in [-0.1, -0.05) is 89.8 Å². The number of fused-ring (bicyclic) bond motifs is 1. The van der Waals surface area contributed by atoms with Gasteiger partial charge in [0.25, 0.3) is 0 Å². The SMILES string of the molecule is CCCP(CCC)Cc1ccc2cc(CP(CCC)CCC)ccc2c1. The summed E-state index contributed by atoms with van der Waals surface area (Å²) >= 11 is 0. The monoisotopic (exact) mass is 388 g/mol. The fourth-order valence-corrected chi connectivity index (χ4v) is 8.90. The maximum Gasteiger partial charge on any atom is -0.00729 e. The topological polar surface area (TPSA) is 0 Å². The molecule has 0 radical (unpaired) electrons. The van der Waals surface area contributed by atoms with Gasteiger partial charge in [-0.25, -0.2) is 0 Å². The van der Waals surface area contributed by atoms with Crippen LogP contribution >= 0.6 is 15.8 Å². The number of hydrogen-bond acceptors (Lipinski definition) is 0. The van der Waals surface area contributed by atoms with E-state index in [1.807, 2.05) is 0 Å². The predicted octanol–water partition coefficient (Wildman–Crippen LogP) is 8.44. The highest BCUT2D eigenvalue weighted by molar-refractivity contribution is 7.57. The van der Waals surface area contributed by atoms with Crippen molar-refractivity contribution >= 4 is 26.6 Å². The van der Waals surface area contributed by atoms with E-state index in [0.29, 0.717) is 0 Å². The molecule has 0 aliphatic heterocycles. The molecule has 0 N–H and O–H groups in total. The van der Waals surface area contributed by atoms with Crippen LogP contribution in [0.2, 0.25) is 0 Å². The van der Waals surface area contributed by atoms with Crippen molar-refractivity contribution < 1.29 is 0 Å². The third kappa shape index (κ3) is 6.94. The standard InChI is InChI=1S/C24H38P2/c1-5-13-25(14-6-2)19-21-9-11-24-18-22(10-12-23(24)17-21)20-26(15-7-3)16-8-4/h9-12,17-18H,5-8,13-16,19-20H2,1-4H3. The van der Waals surface area contributed by atoms with Gasteiger partial charge in [-0.3, -0.25) is 0 Å². The van der Waals surface area contributed by atoms with Gasteiger partial charge in [0.1, 0.15) is 0 Å². The van der Waals surface area contributed by atoms with Crippen LogP contribution in [0.3, 0.4) is 0 Å². The molecule has 2 aromatic carbocycles. The molecule has 26 heavy (non-hydrogen) atoms. The average Bonchev–Trinajstić information content (AvgIpc) is 2.63. The minimum Gasteiger partial charge on any atom is -0.102 e. The number of hydrogen-bond donors (Lipinski definition) is 0. The summed E-state index contributed by atoms with van der Waals surface area (Å²) in [6.07, 6.45) is 13.7. The second-order valence-electron chi connectivity index (χ2n) is 7.57. The Morgan fingerprint density at radius 2 is 0.885 bits per heavy atom. The fourth-order valence-electron chi connectivity index (χ4n) is 3.86. The van der Waals surface area contributed by atoms with Crippen LogP contribution in [0.5, 0.6) is 0 Å². The minimum absolute atomic E-state index is 0.184. The lowest BCUT2D eigenvalue weighted by molar-refractivity contribution is 1.04. The summed E-state index contributed by atoms with van der Waals surface area (Å²) in [6.45, 7) is 9.33. The zero-order valence-electron chi connectivity index (χ0n) is 17.4. The first-order valence-corrected chi connectivity index (χ1v) is 14.5. The van der Waals surface area contributed by atoms with Crippen molar-refractivity contribution in [2.24, 2.45) is 0 Å². The van der Waals surface area contributed by atoms with E-state index < -0.39 is 0 Å². The molecule has 0 aromatic heterocycles. The Hall–Kier alpha value is -0.440. The Bertz CT molecular complexity index is 580. The van der Waals surface area contributed by atoms with Crippen molar-refractivity contribution in [3.8, 4) is 0 Å². The zero-order valence-corrected chi connectivity index (χ0v) is 19.2. The minimum atomic E-state index is 0.184. The molecule has 0 heterocycles. The summed E-state index contributed by atoms with van der Waals surface area (Å²) in [5.74, 6) is 0. The van der Waals surface area contributed by atoms with E-state index in [4.69, 9.17) is 0 Å². The molecule has 0 aliphatic carbocycles. The van der Waals surface area contributed by atoms with Crippen LogP contribution in [0.25, 0.3) is 10.8 Å². The van der Waals surface area contributed by atoms with Crippen LogP contribution in [0.1, 0.15) is 64.5 Å². The summed E-state index contributed by atoms with van der Waals surface area (Å²) in [4.78, 5) is 0. The first-order chi connectivity index (χ1) is 12.7. The van der Waals surface area contributed by atoms with Gasteiger partial charge in [-0.15, -0.1) is 15.8 Å². The predicted molar refractivity (Wildman–Crippen MR) is 126 cm³/mol. The smallest absolute Gasteiger partial charge is 0.00729 e. The Labute approximate surface area is 164 Å². The van der Waals surface area contributed by atoms with E-state index in [1.165, 1.54) is 73.4 Å². The molecule has 0 unspecified atom stereocenters. The lowest BCUT2D eigenvalue weighted by atomic mass is 10.1. The molecular formula is C24H38P2. The third-order valence-electron chi connectivity index (χ3n) is 4.94. The lowest BCUT2D eigenvalue weighted by Crippen LogP contribution is -1.94. The summed E-state index contributed by atoms with van der Waals surface area (Å²) in [5, 5.41) is 2.87. The van der Waals surface area contributed by atoms with E-state index in [9.17, 15) is 0 Å². The molecule has 0 spiro atoms. The van der Waals surface area contributed by atoms with E-state index in [1.54, 1.807) is 11.1 Å². The van der Waals surface area contributed by atoms with E-state index in [0.717, 1.165) is 0 Å². The van der Waals surface area contributed by atoms with Crippen molar-refractivity contribution in [2.45, 2.75) is 65.7 Å². The molecule has 0 fully saturated rings. The Kier molecular flexibility index (Phi) is 10.2. The van der Waals surface area contributed by atoms with Gasteiger partial charge in [0.2, 0.25) is 0 Å². The highest BCUT2D eigenvalue weighted by Crippen LogP contribution is 2.42. The summed E-state index contributed by atoms with van der Waals surface area (Å²) in [6, 6.07) is 14.5. The van der Waals surface area contributed by atoms with Crippen molar-refractivity contribution in [3.63, 3.8) is 0 Å². The lowest BCUT2D eigenvalue weighted by Gasteiger charge is -2.18. The van der Waals surface area contributed by atoms with Gasteiger partial charge in [0.15, 0.2) is 0 Å². The third-order valence-corrected chi connectivity index (χ3v) is 10.9. The van der Waals surface area contributed by atoms with E-state index >= 15 is 0 Å². The molecule has 0 saturated carbocycles. The summed E-state index contributed by atoms with van der Waals surface area (Å²) in [7, 11) is 0.367. The molecule has 0 saturated heterocycles. The van der Waals surface area contributed by atoms with Crippen LogP contribution in [0, 0.1) is 0 Å². The quantitative estimate of drug-likeness (QED) is 0.320. The van der Waals surface area contributed by atoms with Crippen molar-refractivity contribution in [2.75, 3.05) is 24.6 Å². The highest BCUT2D eigenvalue weighted by Gasteiger charge is 2.10. The zero-order chi connectivity index (χ0) is 18.8. The molecule has 0 atom stereocenters. The van der Waals surface area contributed by atoms with Crippen LogP contribution in [-0.2, 0) is 12.3 Å². The molecule has 0 nitrogen and oxygen atoms in total. The maximum absolute atomic E-state index is 2.46. The Morgan fingerprint density at radius 3 is 1.19 bits per heavy atom. The van der Waals surface area contributed by atoms with Gasteiger partial charge < -0.3 is 0 Å². The van der Waals surface area contributed by atoms with Crippen LogP contribution in [0.15, 0.2) is 36.4 Å². The van der Waals surface area contributed by atoms with Crippen molar-refractivity contribution in [1.29, 1.82) is 0 Å². The van der Waals surface area contributed by atoms with Crippen LogP contribution < -0.4 is 0 Å². The molecule has 2 aromatic rings. The second-order valence-corrected chi connectivity index (χ2v) is 12.7. The van der Waals surface area contributed by atoms with Crippen molar-refractivity contribution in [3.05, 3.63) is 47.5 Å². The average molecular weight is 389 g/mol. The largest absolute Gasteiger partial charge is 0.102 e. The first-order valence-electron chi connectivity index (χ1n) is 10.7. The first kappa shape index (κ1) is 21.9. The fraction of sp³-hybridized carbons (Fsp3) is 0.583. The van der Waals surface area contributed by atoms with Gasteiger partial charge in [-0.05, 0) is 58.9 Å². The number of rotatable bonds is 12. The van der Waals surface area contributed by atoms with E-state index in [-0.39, 0.29) is 15.8 Å². The summed E-state index contributed by atoms with van der Waals surface area (Å²) < 4.78 is 0. The molecular weight excluding hydrogens is 350 g/mol. The highest BCUT2D eigenvalue weighted by atomic mass is 31.1. The normalized spacial score (nSPS) is 11.8. The molecule has 2 heteroatoms. The van der Waals surface area contributed by atoms with E-state index in [2.05, 4.69) is 64.1 Å². The van der Waals surface area contributed by atoms with Gasteiger partial charge in [0, 0.05) is 0 Å². The van der Waals surface area contributed by atoms with Crippen LogP contribution in [-0.4, -0.2) is 24.6 Å². The Balaban J connectivity index is 2.11. The maximum atomic E-state index is 2.46. The van der Waals surface area contributed by atoms with Gasteiger partial charge >= 0.3 is 0 Å². The van der Waals surface area contributed by atoms with Crippen molar-refractivity contribution in [1.82, 2.24) is 0 Å². The second kappa shape index (κ2) is 12.1. The molecule has 0 amide bonds. The van der Waals surface area contributed by atoms with Crippen LogP contribution in [0.4, 0.5) is 0 Å². The van der Waals surface area contributed by atoms with Gasteiger partial charge in [-0.2, -0.15) is 0 Å². The van der Waals surface area contributed by atoms with Gasteiger partial charge in [0.05, 0.1) is 0 Å². The molecule has 0 aliphatic rings. The molecule has 0 bridgehead atoms. The summed E-state index contributed by atoms with van der Waals surface area (Å²) in [5.41, 5.74) is 3.11. The molecule has 144 valence electrons. The number of benzene rings is 2. The molecule has 2 rings (SSSR count). The Morgan fingerprint density at radius 1 is 0.538 bits per heavy atom.